The van der Waals surface area contributed by atoms with Gasteiger partial charge in [0, 0.05) is 19.2 Å². The minimum Gasteiger partial charge on any atom is -0.481 e. The van der Waals surface area contributed by atoms with Crippen molar-refractivity contribution >= 4 is 23.8 Å². The van der Waals surface area contributed by atoms with Crippen molar-refractivity contribution in [1.29, 1.82) is 0 Å². The lowest BCUT2D eigenvalue weighted by atomic mass is 10.2. The minimum absolute atomic E-state index is 0.204. The molecule has 1 aromatic rings. The highest BCUT2D eigenvalue weighted by molar-refractivity contribution is 5.75. The van der Waals surface area contributed by atoms with Gasteiger partial charge in [-0.2, -0.15) is 0 Å². The van der Waals surface area contributed by atoms with Gasteiger partial charge in [-0.05, 0) is 27.7 Å². The summed E-state index contributed by atoms with van der Waals surface area (Å²) in [5.74, 6) is 0.482. The molecule has 3 N–H and O–H groups in total. The summed E-state index contributed by atoms with van der Waals surface area (Å²) in [7, 11) is 1.54. The zero-order valence-corrected chi connectivity index (χ0v) is 14.8. The molecule has 0 saturated heterocycles. The van der Waals surface area contributed by atoms with Crippen LogP contribution in [0.2, 0.25) is 0 Å². The number of hydrogen-bond acceptors (Lipinski definition) is 7. The molecule has 1 amide bonds. The molecule has 8 nitrogen and oxygen atoms in total. The van der Waals surface area contributed by atoms with Gasteiger partial charge >= 0.3 is 6.09 Å². The summed E-state index contributed by atoms with van der Waals surface area (Å²) in [4.78, 5) is 27.0. The Morgan fingerprint density at radius 3 is 2.58 bits per heavy atom. The Morgan fingerprint density at radius 2 is 2.04 bits per heavy atom. The van der Waals surface area contributed by atoms with Crippen LogP contribution in [-0.4, -0.2) is 49.2 Å². The van der Waals surface area contributed by atoms with Gasteiger partial charge in [0.05, 0.1) is 24.7 Å². The lowest BCUT2D eigenvalue weighted by Gasteiger charge is -2.22. The summed E-state index contributed by atoms with van der Waals surface area (Å²) in [5, 5.41) is 8.78. The molecule has 0 saturated carbocycles. The van der Waals surface area contributed by atoms with E-state index < -0.39 is 17.7 Å². The van der Waals surface area contributed by atoms with Crippen molar-refractivity contribution in [2.24, 2.45) is 0 Å². The Balaban J connectivity index is 2.68. The molecule has 24 heavy (non-hydrogen) atoms. The first-order valence-corrected chi connectivity index (χ1v) is 7.75. The SMILES string of the molecule is CCNc1cc(OC)ncc1NCC(C=O)NC(=O)OC(C)(C)C. The fourth-order valence-electron chi connectivity index (χ4n) is 1.84. The normalized spacial score (nSPS) is 12.0. The van der Waals surface area contributed by atoms with Crippen LogP contribution in [0.4, 0.5) is 16.2 Å². The van der Waals surface area contributed by atoms with Crippen LogP contribution in [0.3, 0.4) is 0 Å². The first-order chi connectivity index (χ1) is 11.3. The van der Waals surface area contributed by atoms with Gasteiger partial charge in [0.1, 0.15) is 17.9 Å². The van der Waals surface area contributed by atoms with Crippen molar-refractivity contribution in [3.05, 3.63) is 12.3 Å². The standard InChI is InChI=1S/C16H26N4O4/c1-6-17-12-7-14(23-5)19-9-13(12)18-8-11(10-21)20-15(22)24-16(2,3)4/h7,9-11,18H,6,8H2,1-5H3,(H,17,19)(H,20,22). The molecule has 134 valence electrons. The molecule has 0 radical (unpaired) electrons. The molecule has 1 unspecified atom stereocenters. The fourth-order valence-corrected chi connectivity index (χ4v) is 1.84. The molecule has 0 aliphatic heterocycles. The maximum atomic E-state index is 11.7. The van der Waals surface area contributed by atoms with Gasteiger partial charge < -0.3 is 30.2 Å². The van der Waals surface area contributed by atoms with E-state index in [9.17, 15) is 9.59 Å². The van der Waals surface area contributed by atoms with Crippen molar-refractivity contribution in [1.82, 2.24) is 10.3 Å². The van der Waals surface area contributed by atoms with Crippen LogP contribution in [0, 0.1) is 0 Å². The summed E-state index contributed by atoms with van der Waals surface area (Å²) in [6.07, 6.45) is 1.62. The van der Waals surface area contributed by atoms with E-state index in [1.165, 1.54) is 0 Å². The number of aldehydes is 1. The topological polar surface area (TPSA) is 102 Å². The number of aromatic nitrogens is 1. The van der Waals surface area contributed by atoms with Crippen molar-refractivity contribution in [3.8, 4) is 5.88 Å². The molecule has 0 aromatic carbocycles. The van der Waals surface area contributed by atoms with E-state index in [4.69, 9.17) is 9.47 Å². The quantitative estimate of drug-likeness (QED) is 0.623. The van der Waals surface area contributed by atoms with E-state index in [2.05, 4.69) is 20.9 Å². The van der Waals surface area contributed by atoms with Gasteiger partial charge in [-0.15, -0.1) is 0 Å². The molecular formula is C16H26N4O4. The number of nitrogens with one attached hydrogen (secondary N) is 3. The Kier molecular flexibility index (Phi) is 7.29. The molecule has 1 heterocycles. The van der Waals surface area contributed by atoms with E-state index in [1.54, 1.807) is 40.1 Å². The van der Waals surface area contributed by atoms with E-state index in [0.29, 0.717) is 17.9 Å². The second kappa shape index (κ2) is 8.95. The molecule has 1 rings (SSSR count). The number of methoxy groups -OCH3 is 1. The van der Waals surface area contributed by atoms with Crippen LogP contribution in [0.15, 0.2) is 12.3 Å². The lowest BCUT2D eigenvalue weighted by Crippen LogP contribution is -2.43. The smallest absolute Gasteiger partial charge is 0.408 e. The Morgan fingerprint density at radius 1 is 1.33 bits per heavy atom. The third kappa shape index (κ3) is 6.72. The number of pyridine rings is 1. The molecule has 1 atom stereocenters. The second-order valence-corrected chi connectivity index (χ2v) is 6.07. The molecular weight excluding hydrogens is 312 g/mol. The predicted octanol–water partition coefficient (Wildman–Crippen LogP) is 2.03. The Hall–Kier alpha value is -2.51. The average Bonchev–Trinajstić information content (AvgIpc) is 2.50. The number of anilines is 2. The van der Waals surface area contributed by atoms with Crippen molar-refractivity contribution < 1.29 is 19.1 Å². The van der Waals surface area contributed by atoms with Crippen LogP contribution >= 0.6 is 0 Å². The highest BCUT2D eigenvalue weighted by Gasteiger charge is 2.19. The Labute approximate surface area is 142 Å². The van der Waals surface area contributed by atoms with Gasteiger partial charge in [0.25, 0.3) is 0 Å². The summed E-state index contributed by atoms with van der Waals surface area (Å²) in [6, 6.07) is 1.03. The summed E-state index contributed by atoms with van der Waals surface area (Å²) >= 11 is 0. The van der Waals surface area contributed by atoms with Crippen LogP contribution < -0.4 is 20.7 Å². The molecule has 8 heteroatoms. The maximum absolute atomic E-state index is 11.7. The van der Waals surface area contributed by atoms with Crippen LogP contribution in [0.25, 0.3) is 0 Å². The largest absolute Gasteiger partial charge is 0.481 e. The van der Waals surface area contributed by atoms with Crippen molar-refractivity contribution in [2.45, 2.75) is 39.3 Å². The van der Waals surface area contributed by atoms with E-state index in [0.717, 1.165) is 12.2 Å². The van der Waals surface area contributed by atoms with E-state index in [1.807, 2.05) is 6.92 Å². The minimum atomic E-state index is -0.726. The highest BCUT2D eigenvalue weighted by Crippen LogP contribution is 2.24. The molecule has 1 aromatic heterocycles. The monoisotopic (exact) mass is 338 g/mol. The van der Waals surface area contributed by atoms with Gasteiger partial charge in [0.15, 0.2) is 0 Å². The summed E-state index contributed by atoms with van der Waals surface area (Å²) in [6.45, 7) is 8.16. The number of carbonyl (C=O) groups is 2. The highest BCUT2D eigenvalue weighted by atomic mass is 16.6. The lowest BCUT2D eigenvalue weighted by molar-refractivity contribution is -0.109. The van der Waals surface area contributed by atoms with Crippen molar-refractivity contribution in [2.75, 3.05) is 30.8 Å². The molecule has 0 spiro atoms. The van der Waals surface area contributed by atoms with Gasteiger partial charge in [-0.1, -0.05) is 0 Å². The molecule has 0 fully saturated rings. The number of rotatable bonds is 8. The third-order valence-electron chi connectivity index (χ3n) is 2.83. The van der Waals surface area contributed by atoms with Crippen molar-refractivity contribution in [3.63, 3.8) is 0 Å². The number of carbonyl (C=O) groups excluding carboxylic acids is 2. The summed E-state index contributed by atoms with van der Waals surface area (Å²) in [5.41, 5.74) is 0.880. The number of amides is 1. The van der Waals surface area contributed by atoms with Gasteiger partial charge in [0.2, 0.25) is 5.88 Å². The van der Waals surface area contributed by atoms with Crippen LogP contribution in [0.1, 0.15) is 27.7 Å². The van der Waals surface area contributed by atoms with E-state index in [-0.39, 0.29) is 6.54 Å². The third-order valence-corrected chi connectivity index (χ3v) is 2.83. The van der Waals surface area contributed by atoms with Crippen LogP contribution in [0.5, 0.6) is 5.88 Å². The first kappa shape index (κ1) is 19.5. The number of hydrogen-bond donors (Lipinski definition) is 3. The number of ether oxygens (including phenoxy) is 2. The predicted molar refractivity (Wildman–Crippen MR) is 92.7 cm³/mol. The Bertz CT molecular complexity index is 557. The zero-order chi connectivity index (χ0) is 18.2. The first-order valence-electron chi connectivity index (χ1n) is 7.75. The fraction of sp³-hybridized carbons (Fsp3) is 0.562. The second-order valence-electron chi connectivity index (χ2n) is 6.07. The van der Waals surface area contributed by atoms with Crippen LogP contribution in [-0.2, 0) is 9.53 Å². The number of nitrogens with zero attached hydrogens (tertiary/aromatic N) is 1. The van der Waals surface area contributed by atoms with E-state index >= 15 is 0 Å². The molecule has 0 aliphatic carbocycles. The summed E-state index contributed by atoms with van der Waals surface area (Å²) < 4.78 is 10.2. The maximum Gasteiger partial charge on any atom is 0.408 e. The zero-order valence-electron chi connectivity index (χ0n) is 14.8. The molecule has 0 aliphatic rings. The molecule has 0 bridgehead atoms. The average molecular weight is 338 g/mol. The van der Waals surface area contributed by atoms with Gasteiger partial charge in [-0.25, -0.2) is 9.78 Å². The number of alkyl carbamates (subject to hydrolysis) is 1. The van der Waals surface area contributed by atoms with Gasteiger partial charge in [-0.3, -0.25) is 0 Å².